The smallest absolute Gasteiger partial charge is 0.119 e. The number of para-hydroxylation sites is 1. The van der Waals surface area contributed by atoms with Gasteiger partial charge in [-0.15, -0.1) is 0 Å². The standard InChI is InChI=1S/C22H28N2O3/c1-23(15-18-7-9-21(10-8-18)27-14-4-13-25)16-20(26)17-24-12-11-19-5-2-3-6-22(19)24/h2-3,5-12,20,25-26H,4,13-17H2,1H3/t20-/m1/s1. The number of nitrogens with zero attached hydrogens (tertiary/aromatic N) is 2. The number of hydrogen-bond acceptors (Lipinski definition) is 4. The van der Waals surface area contributed by atoms with Crippen LogP contribution in [0.15, 0.2) is 60.8 Å². The number of benzene rings is 2. The molecule has 3 aromatic rings. The van der Waals surface area contributed by atoms with Crippen molar-refractivity contribution in [3.8, 4) is 5.75 Å². The summed E-state index contributed by atoms with van der Waals surface area (Å²) < 4.78 is 7.65. The van der Waals surface area contributed by atoms with Gasteiger partial charge >= 0.3 is 0 Å². The Balaban J connectivity index is 1.49. The molecular formula is C22H28N2O3. The first-order valence-corrected chi connectivity index (χ1v) is 9.39. The third kappa shape index (κ3) is 5.57. The normalized spacial score (nSPS) is 12.6. The largest absolute Gasteiger partial charge is 0.494 e. The van der Waals surface area contributed by atoms with Gasteiger partial charge in [-0.1, -0.05) is 30.3 Å². The van der Waals surface area contributed by atoms with Crippen LogP contribution in [0.5, 0.6) is 5.75 Å². The van der Waals surface area contributed by atoms with E-state index in [0.29, 0.717) is 26.1 Å². The lowest BCUT2D eigenvalue weighted by atomic mass is 10.2. The summed E-state index contributed by atoms with van der Waals surface area (Å²) in [4.78, 5) is 2.12. The Morgan fingerprint density at radius 1 is 1.07 bits per heavy atom. The van der Waals surface area contributed by atoms with E-state index < -0.39 is 6.10 Å². The summed E-state index contributed by atoms with van der Waals surface area (Å²) >= 11 is 0. The van der Waals surface area contributed by atoms with Gasteiger partial charge in [0.1, 0.15) is 5.75 Å². The summed E-state index contributed by atoms with van der Waals surface area (Å²) in [5.74, 6) is 0.814. The molecule has 0 aliphatic heterocycles. The number of rotatable bonds is 10. The van der Waals surface area contributed by atoms with Crippen molar-refractivity contribution in [3.63, 3.8) is 0 Å². The van der Waals surface area contributed by atoms with Gasteiger partial charge in [-0.2, -0.15) is 0 Å². The Morgan fingerprint density at radius 2 is 1.85 bits per heavy atom. The van der Waals surface area contributed by atoms with Crippen LogP contribution in [0.25, 0.3) is 10.9 Å². The molecule has 1 heterocycles. The Morgan fingerprint density at radius 3 is 2.63 bits per heavy atom. The minimum absolute atomic E-state index is 0.143. The van der Waals surface area contributed by atoms with E-state index in [1.807, 2.05) is 49.6 Å². The first-order chi connectivity index (χ1) is 13.2. The molecule has 0 saturated carbocycles. The van der Waals surface area contributed by atoms with Crippen molar-refractivity contribution >= 4 is 10.9 Å². The van der Waals surface area contributed by atoms with Crippen molar-refractivity contribution in [3.05, 3.63) is 66.4 Å². The van der Waals surface area contributed by atoms with Gasteiger partial charge in [0, 0.05) is 44.4 Å². The van der Waals surface area contributed by atoms with Crippen LogP contribution in [0.1, 0.15) is 12.0 Å². The molecule has 0 unspecified atom stereocenters. The third-order valence-corrected chi connectivity index (χ3v) is 4.56. The molecule has 3 rings (SSSR count). The molecule has 1 atom stereocenters. The van der Waals surface area contributed by atoms with Crippen molar-refractivity contribution < 1.29 is 14.9 Å². The lowest BCUT2D eigenvalue weighted by Gasteiger charge is -2.21. The Hall–Kier alpha value is -2.34. The molecule has 2 aromatic carbocycles. The molecule has 2 N–H and O–H groups in total. The van der Waals surface area contributed by atoms with E-state index in [1.165, 1.54) is 10.9 Å². The zero-order chi connectivity index (χ0) is 19.1. The minimum Gasteiger partial charge on any atom is -0.494 e. The molecule has 0 fully saturated rings. The number of aliphatic hydroxyl groups is 2. The summed E-state index contributed by atoms with van der Waals surface area (Å²) in [6.07, 6.45) is 2.23. The van der Waals surface area contributed by atoms with E-state index in [2.05, 4.69) is 27.7 Å². The fraction of sp³-hybridized carbons (Fsp3) is 0.364. The Bertz CT molecular complexity index is 829. The zero-order valence-corrected chi connectivity index (χ0v) is 15.8. The first kappa shape index (κ1) is 19.4. The molecule has 5 heteroatoms. The number of aromatic nitrogens is 1. The van der Waals surface area contributed by atoms with Gasteiger partial charge in [0.25, 0.3) is 0 Å². The molecule has 0 saturated heterocycles. The fourth-order valence-corrected chi connectivity index (χ4v) is 3.27. The highest BCUT2D eigenvalue weighted by Gasteiger charge is 2.11. The number of hydrogen-bond donors (Lipinski definition) is 2. The first-order valence-electron chi connectivity index (χ1n) is 9.39. The van der Waals surface area contributed by atoms with Crippen LogP contribution >= 0.6 is 0 Å². The van der Waals surface area contributed by atoms with E-state index in [0.717, 1.165) is 17.8 Å². The number of aliphatic hydroxyl groups excluding tert-OH is 2. The van der Waals surface area contributed by atoms with Gasteiger partial charge in [0.15, 0.2) is 0 Å². The molecule has 0 aliphatic rings. The molecule has 0 spiro atoms. The molecule has 0 radical (unpaired) electrons. The van der Waals surface area contributed by atoms with Crippen LogP contribution in [0.2, 0.25) is 0 Å². The van der Waals surface area contributed by atoms with Crippen LogP contribution in [0, 0.1) is 0 Å². The molecule has 0 bridgehead atoms. The summed E-state index contributed by atoms with van der Waals surface area (Å²) in [5, 5.41) is 20.5. The predicted molar refractivity (Wildman–Crippen MR) is 108 cm³/mol. The quantitative estimate of drug-likeness (QED) is 0.540. The number of fused-ring (bicyclic) bond motifs is 1. The SMILES string of the molecule is CN(Cc1ccc(OCCCO)cc1)C[C@@H](O)Cn1ccc2ccccc21. The van der Waals surface area contributed by atoms with Gasteiger partial charge in [-0.3, -0.25) is 4.90 Å². The van der Waals surface area contributed by atoms with Crippen molar-refractivity contribution in [1.82, 2.24) is 9.47 Å². The molecule has 0 amide bonds. The topological polar surface area (TPSA) is 57.9 Å². The number of ether oxygens (including phenoxy) is 1. The highest BCUT2D eigenvalue weighted by Crippen LogP contribution is 2.16. The summed E-state index contributed by atoms with van der Waals surface area (Å²) in [7, 11) is 2.02. The fourth-order valence-electron chi connectivity index (χ4n) is 3.27. The summed E-state index contributed by atoms with van der Waals surface area (Å²) in [6.45, 7) is 2.61. The van der Waals surface area contributed by atoms with Gasteiger partial charge in [-0.05, 0) is 42.3 Å². The third-order valence-electron chi connectivity index (χ3n) is 4.56. The van der Waals surface area contributed by atoms with Crippen molar-refractivity contribution in [2.45, 2.75) is 25.6 Å². The molecule has 27 heavy (non-hydrogen) atoms. The second-order valence-electron chi connectivity index (χ2n) is 6.95. The average Bonchev–Trinajstić information content (AvgIpc) is 3.06. The Labute approximate surface area is 160 Å². The Kier molecular flexibility index (Phi) is 6.87. The maximum Gasteiger partial charge on any atom is 0.119 e. The lowest BCUT2D eigenvalue weighted by molar-refractivity contribution is 0.108. The van der Waals surface area contributed by atoms with Crippen molar-refractivity contribution in [2.75, 3.05) is 26.8 Å². The van der Waals surface area contributed by atoms with Gasteiger partial charge in [0.05, 0.1) is 12.7 Å². The maximum absolute atomic E-state index is 10.5. The van der Waals surface area contributed by atoms with Crippen LogP contribution < -0.4 is 4.74 Å². The van der Waals surface area contributed by atoms with Crippen LogP contribution in [0.3, 0.4) is 0 Å². The molecule has 1 aromatic heterocycles. The van der Waals surface area contributed by atoms with Gasteiger partial charge < -0.3 is 19.5 Å². The predicted octanol–water partition coefficient (Wildman–Crippen LogP) is 2.90. The average molecular weight is 368 g/mol. The van der Waals surface area contributed by atoms with Gasteiger partial charge in [-0.25, -0.2) is 0 Å². The molecule has 144 valence electrons. The highest BCUT2D eigenvalue weighted by atomic mass is 16.5. The zero-order valence-electron chi connectivity index (χ0n) is 15.8. The van der Waals surface area contributed by atoms with E-state index >= 15 is 0 Å². The monoisotopic (exact) mass is 368 g/mol. The van der Waals surface area contributed by atoms with Crippen LogP contribution in [-0.4, -0.2) is 52.6 Å². The van der Waals surface area contributed by atoms with Crippen LogP contribution in [0.4, 0.5) is 0 Å². The molecule has 5 nitrogen and oxygen atoms in total. The van der Waals surface area contributed by atoms with E-state index in [1.54, 1.807) is 0 Å². The van der Waals surface area contributed by atoms with E-state index in [9.17, 15) is 5.11 Å². The van der Waals surface area contributed by atoms with E-state index in [4.69, 9.17) is 9.84 Å². The summed E-state index contributed by atoms with van der Waals surface area (Å²) in [6, 6.07) is 18.3. The maximum atomic E-state index is 10.5. The minimum atomic E-state index is -0.438. The highest BCUT2D eigenvalue weighted by molar-refractivity contribution is 5.79. The van der Waals surface area contributed by atoms with Crippen molar-refractivity contribution in [2.24, 2.45) is 0 Å². The summed E-state index contributed by atoms with van der Waals surface area (Å²) in [5.41, 5.74) is 2.32. The second kappa shape index (κ2) is 9.55. The van der Waals surface area contributed by atoms with Gasteiger partial charge in [0.2, 0.25) is 0 Å². The number of likely N-dealkylation sites (N-methyl/N-ethyl adjacent to an activating group) is 1. The second-order valence-corrected chi connectivity index (χ2v) is 6.95. The van der Waals surface area contributed by atoms with Crippen molar-refractivity contribution in [1.29, 1.82) is 0 Å². The lowest BCUT2D eigenvalue weighted by Crippen LogP contribution is -2.31. The molecular weight excluding hydrogens is 340 g/mol. The van der Waals surface area contributed by atoms with E-state index in [-0.39, 0.29) is 6.61 Å². The van der Waals surface area contributed by atoms with Crippen LogP contribution in [-0.2, 0) is 13.1 Å². The molecule has 0 aliphatic carbocycles.